The summed E-state index contributed by atoms with van der Waals surface area (Å²) in [7, 11) is 0. The van der Waals surface area contributed by atoms with Gasteiger partial charge in [-0.05, 0) is 58.4 Å². The van der Waals surface area contributed by atoms with Crippen molar-refractivity contribution in [3.63, 3.8) is 0 Å². The van der Waals surface area contributed by atoms with E-state index in [-0.39, 0.29) is 6.61 Å². The summed E-state index contributed by atoms with van der Waals surface area (Å²) in [6.07, 6.45) is -0.647. The van der Waals surface area contributed by atoms with Gasteiger partial charge in [0.2, 0.25) is 0 Å². The zero-order valence-electron chi connectivity index (χ0n) is 11.0. The molecule has 0 heterocycles. The van der Waals surface area contributed by atoms with Crippen LogP contribution >= 0.6 is 39.1 Å². The van der Waals surface area contributed by atoms with E-state index in [0.29, 0.717) is 22.3 Å². The summed E-state index contributed by atoms with van der Waals surface area (Å²) in [6.45, 7) is 0.541. The second kappa shape index (κ2) is 7.90. The molecule has 2 N–H and O–H groups in total. The van der Waals surface area contributed by atoms with Gasteiger partial charge in [0.25, 0.3) is 0 Å². The molecule has 0 aliphatic rings. The molecule has 0 radical (unpaired) electrons. The van der Waals surface area contributed by atoms with E-state index in [1.54, 1.807) is 36.4 Å². The molecule has 0 aliphatic carbocycles. The minimum absolute atomic E-state index is 0.187. The number of anilines is 1. The van der Waals surface area contributed by atoms with Crippen LogP contribution in [-0.2, 0) is 0 Å². The lowest BCUT2D eigenvalue weighted by Crippen LogP contribution is -2.26. The fourth-order valence-electron chi connectivity index (χ4n) is 1.64. The Hall–Kier alpha value is -0.940. The summed E-state index contributed by atoms with van der Waals surface area (Å²) in [4.78, 5) is 0. The third-order valence-electron chi connectivity index (χ3n) is 2.71. The summed E-state index contributed by atoms with van der Waals surface area (Å²) >= 11 is 15.1. The van der Waals surface area contributed by atoms with Gasteiger partial charge in [0.15, 0.2) is 0 Å². The Bertz CT molecular complexity index is 593. The number of nitrogens with one attached hydrogen (secondary N) is 1. The Balaban J connectivity index is 1.80. The Labute approximate surface area is 142 Å². The van der Waals surface area contributed by atoms with Crippen molar-refractivity contribution in [2.45, 2.75) is 6.10 Å². The predicted octanol–water partition coefficient (Wildman–Crippen LogP) is 4.61. The Morgan fingerprint density at radius 1 is 1.10 bits per heavy atom. The molecular formula is C15H14BrCl2NO2. The van der Waals surface area contributed by atoms with Gasteiger partial charge >= 0.3 is 0 Å². The van der Waals surface area contributed by atoms with E-state index >= 15 is 0 Å². The molecule has 0 fully saturated rings. The van der Waals surface area contributed by atoms with Crippen LogP contribution in [0.1, 0.15) is 0 Å². The summed E-state index contributed by atoms with van der Waals surface area (Å²) in [5, 5.41) is 14.3. The van der Waals surface area contributed by atoms with Gasteiger partial charge in [-0.3, -0.25) is 0 Å². The average Bonchev–Trinajstić information content (AvgIpc) is 2.47. The van der Waals surface area contributed by atoms with Crippen LogP contribution < -0.4 is 10.1 Å². The van der Waals surface area contributed by atoms with E-state index in [1.807, 2.05) is 6.07 Å². The quantitative estimate of drug-likeness (QED) is 0.756. The lowest BCUT2D eigenvalue weighted by Gasteiger charge is -2.15. The highest BCUT2D eigenvalue weighted by molar-refractivity contribution is 9.10. The lowest BCUT2D eigenvalue weighted by atomic mass is 10.3. The number of ether oxygens (including phenoxy) is 1. The van der Waals surface area contributed by atoms with Crippen molar-refractivity contribution in [2.75, 3.05) is 18.5 Å². The largest absolute Gasteiger partial charge is 0.491 e. The second-order valence-corrected chi connectivity index (χ2v) is 6.15. The van der Waals surface area contributed by atoms with Gasteiger partial charge in [-0.25, -0.2) is 0 Å². The minimum Gasteiger partial charge on any atom is -0.491 e. The highest BCUT2D eigenvalue weighted by Gasteiger charge is 2.07. The van der Waals surface area contributed by atoms with Crippen LogP contribution in [0.25, 0.3) is 0 Å². The molecule has 0 amide bonds. The van der Waals surface area contributed by atoms with Gasteiger partial charge in [0.05, 0.1) is 0 Å². The SMILES string of the molecule is OC(CNc1cc(Cl)ccc1Br)COc1ccc(Cl)cc1. The van der Waals surface area contributed by atoms with Crippen molar-refractivity contribution in [3.8, 4) is 5.75 Å². The monoisotopic (exact) mass is 389 g/mol. The third-order valence-corrected chi connectivity index (χ3v) is 3.89. The number of aliphatic hydroxyl groups is 1. The first kappa shape index (κ1) is 16.4. The van der Waals surface area contributed by atoms with Crippen LogP contribution in [0, 0.1) is 0 Å². The van der Waals surface area contributed by atoms with Crippen LogP contribution in [0.2, 0.25) is 10.0 Å². The smallest absolute Gasteiger partial charge is 0.119 e. The van der Waals surface area contributed by atoms with Crippen LogP contribution in [0.15, 0.2) is 46.9 Å². The Morgan fingerprint density at radius 2 is 1.76 bits per heavy atom. The topological polar surface area (TPSA) is 41.5 Å². The summed E-state index contributed by atoms with van der Waals surface area (Å²) in [5.74, 6) is 0.669. The highest BCUT2D eigenvalue weighted by Crippen LogP contribution is 2.25. The molecule has 112 valence electrons. The van der Waals surface area contributed by atoms with E-state index in [0.717, 1.165) is 10.2 Å². The zero-order chi connectivity index (χ0) is 15.2. The standard InChI is InChI=1S/C15H14BrCl2NO2/c16-14-6-3-11(18)7-15(14)19-8-12(20)9-21-13-4-1-10(17)2-5-13/h1-7,12,19-20H,8-9H2. The van der Waals surface area contributed by atoms with Crippen molar-refractivity contribution in [1.82, 2.24) is 0 Å². The molecule has 1 unspecified atom stereocenters. The molecular weight excluding hydrogens is 377 g/mol. The van der Waals surface area contributed by atoms with Crippen LogP contribution in [0.5, 0.6) is 5.75 Å². The van der Waals surface area contributed by atoms with E-state index in [2.05, 4.69) is 21.2 Å². The molecule has 0 saturated heterocycles. The number of halogens is 3. The maximum Gasteiger partial charge on any atom is 0.119 e. The molecule has 21 heavy (non-hydrogen) atoms. The second-order valence-electron chi connectivity index (χ2n) is 4.42. The third kappa shape index (κ3) is 5.40. The predicted molar refractivity (Wildman–Crippen MR) is 90.6 cm³/mol. The fourth-order valence-corrected chi connectivity index (χ4v) is 2.33. The Kier molecular flexibility index (Phi) is 6.18. The molecule has 0 bridgehead atoms. The molecule has 2 aromatic rings. The van der Waals surface area contributed by atoms with E-state index in [4.69, 9.17) is 27.9 Å². The number of hydrogen-bond donors (Lipinski definition) is 2. The molecule has 0 saturated carbocycles. The molecule has 6 heteroatoms. The van der Waals surface area contributed by atoms with E-state index in [1.165, 1.54) is 0 Å². The first-order chi connectivity index (χ1) is 10.0. The van der Waals surface area contributed by atoms with Gasteiger partial charge in [-0.1, -0.05) is 23.2 Å². The van der Waals surface area contributed by atoms with Crippen molar-refractivity contribution in [2.24, 2.45) is 0 Å². The molecule has 3 nitrogen and oxygen atoms in total. The van der Waals surface area contributed by atoms with Crippen LogP contribution in [0.4, 0.5) is 5.69 Å². The van der Waals surface area contributed by atoms with Gasteiger partial charge < -0.3 is 15.2 Å². The first-order valence-electron chi connectivity index (χ1n) is 6.30. The normalized spacial score (nSPS) is 12.0. The first-order valence-corrected chi connectivity index (χ1v) is 7.85. The molecule has 1 atom stereocenters. The Morgan fingerprint density at radius 3 is 2.48 bits per heavy atom. The van der Waals surface area contributed by atoms with Crippen molar-refractivity contribution >= 4 is 44.8 Å². The summed E-state index contributed by atoms with van der Waals surface area (Å²) in [6, 6.07) is 12.4. The van der Waals surface area contributed by atoms with Gasteiger partial charge in [0.1, 0.15) is 18.5 Å². The van der Waals surface area contributed by atoms with Gasteiger partial charge in [-0.15, -0.1) is 0 Å². The van der Waals surface area contributed by atoms with Crippen LogP contribution in [0.3, 0.4) is 0 Å². The van der Waals surface area contributed by atoms with Gasteiger partial charge in [0, 0.05) is 26.8 Å². The number of rotatable bonds is 6. The molecule has 2 aromatic carbocycles. The highest BCUT2D eigenvalue weighted by atomic mass is 79.9. The van der Waals surface area contributed by atoms with Crippen molar-refractivity contribution in [1.29, 1.82) is 0 Å². The van der Waals surface area contributed by atoms with E-state index < -0.39 is 6.10 Å². The summed E-state index contributed by atoms with van der Waals surface area (Å²) < 4.78 is 6.37. The van der Waals surface area contributed by atoms with Gasteiger partial charge in [-0.2, -0.15) is 0 Å². The lowest BCUT2D eigenvalue weighted by molar-refractivity contribution is 0.117. The van der Waals surface area contributed by atoms with Crippen molar-refractivity contribution in [3.05, 3.63) is 57.0 Å². The van der Waals surface area contributed by atoms with E-state index in [9.17, 15) is 5.11 Å². The fraction of sp³-hybridized carbons (Fsp3) is 0.200. The maximum absolute atomic E-state index is 9.92. The average molecular weight is 391 g/mol. The number of hydrogen-bond acceptors (Lipinski definition) is 3. The molecule has 0 spiro atoms. The summed E-state index contributed by atoms with van der Waals surface area (Å²) in [5.41, 5.74) is 0.827. The number of benzene rings is 2. The van der Waals surface area contributed by atoms with Crippen molar-refractivity contribution < 1.29 is 9.84 Å². The molecule has 2 rings (SSSR count). The molecule has 0 aliphatic heterocycles. The molecule has 0 aromatic heterocycles. The van der Waals surface area contributed by atoms with Crippen LogP contribution in [-0.4, -0.2) is 24.4 Å². The number of aliphatic hydroxyl groups excluding tert-OH is 1. The minimum atomic E-state index is -0.647. The zero-order valence-corrected chi connectivity index (χ0v) is 14.1. The maximum atomic E-state index is 9.92.